The molecule has 0 aliphatic heterocycles. The smallest absolute Gasteiger partial charge is 0.230 e. The number of carbonyl (C=O) groups is 1. The lowest BCUT2D eigenvalue weighted by Crippen LogP contribution is -2.28. The van der Waals surface area contributed by atoms with E-state index in [1.165, 1.54) is 0 Å². The molecule has 0 aromatic carbocycles. The minimum Gasteiger partial charge on any atom is -0.309 e. The fourth-order valence-corrected chi connectivity index (χ4v) is 1.24. The van der Waals surface area contributed by atoms with Gasteiger partial charge < -0.3 is 5.32 Å². The van der Waals surface area contributed by atoms with E-state index in [9.17, 15) is 4.79 Å². The Balaban J connectivity index is 2.90. The first-order valence-electron chi connectivity index (χ1n) is 4.75. The van der Waals surface area contributed by atoms with Crippen LogP contribution in [0.15, 0.2) is 16.6 Å². The Bertz CT molecular complexity index is 383. The first-order chi connectivity index (χ1) is 6.80. The summed E-state index contributed by atoms with van der Waals surface area (Å²) >= 11 is 3.35. The van der Waals surface area contributed by atoms with E-state index in [1.807, 2.05) is 39.8 Å². The van der Waals surface area contributed by atoms with Crippen molar-refractivity contribution in [1.82, 2.24) is 4.98 Å². The van der Waals surface area contributed by atoms with Crippen LogP contribution in [0.3, 0.4) is 0 Å². The Morgan fingerprint density at radius 1 is 1.40 bits per heavy atom. The zero-order valence-electron chi connectivity index (χ0n) is 9.39. The summed E-state index contributed by atoms with van der Waals surface area (Å²) < 4.78 is 0.797. The number of amides is 1. The van der Waals surface area contributed by atoms with E-state index in [0.29, 0.717) is 5.82 Å². The van der Waals surface area contributed by atoms with Gasteiger partial charge in [0.15, 0.2) is 0 Å². The number of rotatable bonds is 1. The molecule has 1 N–H and O–H groups in total. The Kier molecular flexibility index (Phi) is 3.50. The number of aromatic nitrogens is 1. The third-order valence-corrected chi connectivity index (χ3v) is 2.54. The van der Waals surface area contributed by atoms with Crippen LogP contribution in [0.25, 0.3) is 0 Å². The number of anilines is 1. The number of nitrogens with one attached hydrogen (secondary N) is 1. The summed E-state index contributed by atoms with van der Waals surface area (Å²) in [6, 6.07) is 3.76. The number of carbonyl (C=O) groups excluding carboxylic acids is 1. The zero-order chi connectivity index (χ0) is 11.6. The van der Waals surface area contributed by atoms with E-state index in [1.54, 1.807) is 0 Å². The van der Waals surface area contributed by atoms with Gasteiger partial charge in [-0.3, -0.25) is 4.79 Å². The standard InChI is InChI=1S/C11H15BrN2O/c1-7-5-6-8(12)9(13-7)14-10(15)11(2,3)4/h5-6H,1-4H3,(H,13,14,15). The zero-order valence-corrected chi connectivity index (χ0v) is 11.0. The SMILES string of the molecule is Cc1ccc(Br)c(NC(=O)C(C)(C)C)n1. The van der Waals surface area contributed by atoms with E-state index in [0.717, 1.165) is 10.2 Å². The fourth-order valence-electron chi connectivity index (χ4n) is 0.922. The highest BCUT2D eigenvalue weighted by Gasteiger charge is 2.22. The van der Waals surface area contributed by atoms with Gasteiger partial charge in [0.1, 0.15) is 5.82 Å². The first-order valence-corrected chi connectivity index (χ1v) is 5.54. The molecule has 0 radical (unpaired) electrons. The van der Waals surface area contributed by atoms with Crippen molar-refractivity contribution >= 4 is 27.7 Å². The summed E-state index contributed by atoms with van der Waals surface area (Å²) in [4.78, 5) is 16.0. The summed E-state index contributed by atoms with van der Waals surface area (Å²) in [6.45, 7) is 7.49. The van der Waals surface area contributed by atoms with Gasteiger partial charge in [0.05, 0.1) is 4.47 Å². The van der Waals surface area contributed by atoms with Crippen molar-refractivity contribution < 1.29 is 4.79 Å². The van der Waals surface area contributed by atoms with Gasteiger partial charge in [-0.05, 0) is 35.0 Å². The summed E-state index contributed by atoms with van der Waals surface area (Å²) in [6.07, 6.45) is 0. The third kappa shape index (κ3) is 3.30. The minimum absolute atomic E-state index is 0.0405. The lowest BCUT2D eigenvalue weighted by Gasteiger charge is -2.17. The van der Waals surface area contributed by atoms with Gasteiger partial charge in [0.2, 0.25) is 5.91 Å². The van der Waals surface area contributed by atoms with E-state index in [4.69, 9.17) is 0 Å². The molecule has 3 nitrogen and oxygen atoms in total. The number of aryl methyl sites for hydroxylation is 1. The van der Waals surface area contributed by atoms with Crippen LogP contribution in [0.4, 0.5) is 5.82 Å². The molecule has 1 aromatic rings. The average molecular weight is 271 g/mol. The molecule has 15 heavy (non-hydrogen) atoms. The molecule has 1 amide bonds. The van der Waals surface area contributed by atoms with Crippen molar-refractivity contribution in [1.29, 1.82) is 0 Å². The maximum absolute atomic E-state index is 11.7. The monoisotopic (exact) mass is 270 g/mol. The molecule has 0 spiro atoms. The van der Waals surface area contributed by atoms with Crippen LogP contribution in [0, 0.1) is 12.3 Å². The van der Waals surface area contributed by atoms with Gasteiger partial charge >= 0.3 is 0 Å². The number of hydrogen-bond donors (Lipinski definition) is 1. The van der Waals surface area contributed by atoms with Crippen LogP contribution in [0.1, 0.15) is 26.5 Å². The Morgan fingerprint density at radius 3 is 2.53 bits per heavy atom. The van der Waals surface area contributed by atoms with Crippen molar-refractivity contribution in [2.45, 2.75) is 27.7 Å². The number of halogens is 1. The molecule has 0 saturated carbocycles. The van der Waals surface area contributed by atoms with Crippen molar-refractivity contribution in [2.75, 3.05) is 5.32 Å². The van der Waals surface area contributed by atoms with Crippen LogP contribution >= 0.6 is 15.9 Å². The van der Waals surface area contributed by atoms with E-state index in [-0.39, 0.29) is 5.91 Å². The average Bonchev–Trinajstić information content (AvgIpc) is 2.09. The summed E-state index contributed by atoms with van der Waals surface area (Å²) in [5.41, 5.74) is 0.465. The van der Waals surface area contributed by atoms with E-state index < -0.39 is 5.41 Å². The van der Waals surface area contributed by atoms with Crippen molar-refractivity contribution in [2.24, 2.45) is 5.41 Å². The Morgan fingerprint density at radius 2 is 2.00 bits per heavy atom. The summed E-state index contributed by atoms with van der Waals surface area (Å²) in [5, 5.41) is 2.79. The Labute approximate surface area is 98.4 Å². The lowest BCUT2D eigenvalue weighted by molar-refractivity contribution is -0.123. The molecule has 0 saturated heterocycles. The highest BCUT2D eigenvalue weighted by Crippen LogP contribution is 2.23. The number of pyridine rings is 1. The topological polar surface area (TPSA) is 42.0 Å². The second-order valence-electron chi connectivity index (χ2n) is 4.49. The Hall–Kier alpha value is -0.900. The molecule has 1 heterocycles. The number of hydrogen-bond acceptors (Lipinski definition) is 2. The highest BCUT2D eigenvalue weighted by molar-refractivity contribution is 9.10. The summed E-state index contributed by atoms with van der Waals surface area (Å²) in [7, 11) is 0. The minimum atomic E-state index is -0.412. The van der Waals surface area contributed by atoms with Crippen LogP contribution < -0.4 is 5.32 Å². The maximum atomic E-state index is 11.7. The molecular weight excluding hydrogens is 256 g/mol. The van der Waals surface area contributed by atoms with Gasteiger partial charge in [0.25, 0.3) is 0 Å². The van der Waals surface area contributed by atoms with Crippen LogP contribution in [0.2, 0.25) is 0 Å². The molecular formula is C11H15BrN2O. The van der Waals surface area contributed by atoms with Crippen molar-refractivity contribution in [3.8, 4) is 0 Å². The van der Waals surface area contributed by atoms with Crippen LogP contribution in [-0.2, 0) is 4.79 Å². The molecule has 0 aliphatic carbocycles. The highest BCUT2D eigenvalue weighted by atomic mass is 79.9. The normalized spacial score (nSPS) is 11.3. The van der Waals surface area contributed by atoms with Gasteiger partial charge in [-0.1, -0.05) is 20.8 Å². The fraction of sp³-hybridized carbons (Fsp3) is 0.455. The van der Waals surface area contributed by atoms with E-state index >= 15 is 0 Å². The molecule has 82 valence electrons. The first kappa shape index (κ1) is 12.2. The van der Waals surface area contributed by atoms with E-state index in [2.05, 4.69) is 26.2 Å². The largest absolute Gasteiger partial charge is 0.309 e. The molecule has 0 bridgehead atoms. The molecule has 1 rings (SSSR count). The van der Waals surface area contributed by atoms with Crippen molar-refractivity contribution in [3.63, 3.8) is 0 Å². The molecule has 4 heteroatoms. The predicted molar refractivity (Wildman–Crippen MR) is 64.8 cm³/mol. The van der Waals surface area contributed by atoms with Crippen LogP contribution in [0.5, 0.6) is 0 Å². The predicted octanol–water partition coefficient (Wildman–Crippen LogP) is 3.14. The molecule has 1 aromatic heterocycles. The van der Waals surface area contributed by atoms with Gasteiger partial charge in [-0.15, -0.1) is 0 Å². The molecule has 0 aliphatic rings. The maximum Gasteiger partial charge on any atom is 0.230 e. The van der Waals surface area contributed by atoms with Crippen molar-refractivity contribution in [3.05, 3.63) is 22.3 Å². The third-order valence-electron chi connectivity index (χ3n) is 1.90. The second kappa shape index (κ2) is 4.31. The molecule has 0 fully saturated rings. The van der Waals surface area contributed by atoms with Gasteiger partial charge in [-0.25, -0.2) is 4.98 Å². The lowest BCUT2D eigenvalue weighted by atomic mass is 9.96. The van der Waals surface area contributed by atoms with Gasteiger partial charge in [-0.2, -0.15) is 0 Å². The second-order valence-corrected chi connectivity index (χ2v) is 5.34. The number of nitrogens with zero attached hydrogens (tertiary/aromatic N) is 1. The quantitative estimate of drug-likeness (QED) is 0.852. The molecule has 0 unspecified atom stereocenters. The summed E-state index contributed by atoms with van der Waals surface area (Å²) in [5.74, 6) is 0.538. The van der Waals surface area contributed by atoms with Gasteiger partial charge in [0, 0.05) is 11.1 Å². The molecule has 0 atom stereocenters. The van der Waals surface area contributed by atoms with Crippen LogP contribution in [-0.4, -0.2) is 10.9 Å².